The summed E-state index contributed by atoms with van der Waals surface area (Å²) in [5, 5.41) is 11.0. The Labute approximate surface area is 203 Å². The van der Waals surface area contributed by atoms with Crippen LogP contribution in [0.3, 0.4) is 0 Å². The predicted octanol–water partition coefficient (Wildman–Crippen LogP) is 4.16. The average Bonchev–Trinajstić information content (AvgIpc) is 3.37. The summed E-state index contributed by atoms with van der Waals surface area (Å²) in [6, 6.07) is 0.288. The molecule has 5 rings (SSSR count). The molecule has 0 unspecified atom stereocenters. The third-order valence-corrected chi connectivity index (χ3v) is 10.5. The lowest BCUT2D eigenvalue weighted by atomic mass is 9.43. The van der Waals surface area contributed by atoms with Crippen LogP contribution in [0.4, 0.5) is 0 Å². The molecule has 0 spiro atoms. The van der Waals surface area contributed by atoms with E-state index in [9.17, 15) is 14.7 Å². The summed E-state index contributed by atoms with van der Waals surface area (Å²) >= 11 is 0. The lowest BCUT2D eigenvalue weighted by Crippen LogP contribution is -2.64. The van der Waals surface area contributed by atoms with Crippen molar-refractivity contribution in [3.8, 4) is 0 Å². The van der Waals surface area contributed by atoms with E-state index < -0.39 is 28.5 Å². The number of ether oxygens (including phenoxy) is 2. The van der Waals surface area contributed by atoms with Crippen molar-refractivity contribution in [3.05, 3.63) is 24.3 Å². The summed E-state index contributed by atoms with van der Waals surface area (Å²) in [5.74, 6) is 0.320. The van der Waals surface area contributed by atoms with Crippen LogP contribution in [0.2, 0.25) is 0 Å². The van der Waals surface area contributed by atoms with E-state index in [2.05, 4.69) is 45.2 Å². The van der Waals surface area contributed by atoms with E-state index in [4.69, 9.17) is 9.47 Å². The monoisotopic (exact) mass is 471 g/mol. The van der Waals surface area contributed by atoms with Gasteiger partial charge in [-0.25, -0.2) is 0 Å². The highest BCUT2D eigenvalue weighted by Gasteiger charge is 2.84. The Kier molecular flexibility index (Phi) is 5.89. The minimum Gasteiger partial charge on any atom is -0.481 e. The number of carbonyl (C=O) groups excluding carboxylic acids is 1. The first kappa shape index (κ1) is 24.2. The van der Waals surface area contributed by atoms with Gasteiger partial charge in [-0.2, -0.15) is 0 Å². The Morgan fingerprint density at radius 2 is 2.12 bits per heavy atom. The number of hydrogen-bond donors (Lipinski definition) is 1. The standard InChI is InChI=1S/C28H41NO5/c1-6-9-29-13-24(33-14-19(29)5)34-16-27-12-21-18(4)7-8-22(21)26(15-30)11-20(27)10-23(17(2)3)28(26,27)25(31)32/h6,10,15,17-22,24H,1,7-9,11-14,16H2,2-5H3,(H,31,32)/t18-,19-,20+,21-,22-,24+,26+,27+,28+/m1/s1. The van der Waals surface area contributed by atoms with E-state index in [0.29, 0.717) is 38.0 Å². The molecule has 1 saturated heterocycles. The summed E-state index contributed by atoms with van der Waals surface area (Å²) < 4.78 is 12.6. The normalized spacial score (nSPS) is 47.5. The summed E-state index contributed by atoms with van der Waals surface area (Å²) in [5.41, 5.74) is -1.67. The zero-order chi connectivity index (χ0) is 24.5. The number of hydrogen-bond acceptors (Lipinski definition) is 5. The molecule has 0 aromatic carbocycles. The van der Waals surface area contributed by atoms with E-state index in [1.54, 1.807) is 0 Å². The zero-order valence-electron chi connectivity index (χ0n) is 21.2. The van der Waals surface area contributed by atoms with Crippen molar-refractivity contribution >= 4 is 12.3 Å². The van der Waals surface area contributed by atoms with Gasteiger partial charge in [-0.05, 0) is 55.8 Å². The van der Waals surface area contributed by atoms with Crippen LogP contribution in [0.5, 0.6) is 0 Å². The van der Waals surface area contributed by atoms with Crippen LogP contribution in [0.1, 0.15) is 53.4 Å². The van der Waals surface area contributed by atoms with E-state index in [-0.39, 0.29) is 23.8 Å². The van der Waals surface area contributed by atoms with Gasteiger partial charge in [0.1, 0.15) is 11.7 Å². The highest BCUT2D eigenvalue weighted by Crippen LogP contribution is 2.82. The molecule has 4 aliphatic carbocycles. The summed E-state index contributed by atoms with van der Waals surface area (Å²) in [4.78, 5) is 28.8. The molecule has 9 atom stereocenters. The molecule has 6 heteroatoms. The zero-order valence-corrected chi connectivity index (χ0v) is 21.2. The highest BCUT2D eigenvalue weighted by molar-refractivity contribution is 5.90. The first-order valence-corrected chi connectivity index (χ1v) is 13.2. The summed E-state index contributed by atoms with van der Waals surface area (Å²) in [6.45, 7) is 14.8. The smallest absolute Gasteiger partial charge is 0.315 e. The van der Waals surface area contributed by atoms with Crippen LogP contribution in [-0.2, 0) is 19.1 Å². The van der Waals surface area contributed by atoms with Gasteiger partial charge in [0.05, 0.1) is 25.2 Å². The predicted molar refractivity (Wildman–Crippen MR) is 129 cm³/mol. The van der Waals surface area contributed by atoms with Crippen LogP contribution < -0.4 is 0 Å². The molecule has 0 aromatic rings. The van der Waals surface area contributed by atoms with Gasteiger partial charge in [0, 0.05) is 18.0 Å². The maximum absolute atomic E-state index is 13.5. The van der Waals surface area contributed by atoms with E-state index in [1.807, 2.05) is 6.08 Å². The lowest BCUT2D eigenvalue weighted by Gasteiger charge is -2.58. The van der Waals surface area contributed by atoms with Gasteiger partial charge in [-0.15, -0.1) is 6.58 Å². The molecular weight excluding hydrogens is 430 g/mol. The first-order valence-electron chi connectivity index (χ1n) is 13.2. The van der Waals surface area contributed by atoms with Crippen molar-refractivity contribution in [2.24, 2.45) is 45.8 Å². The molecule has 1 N–H and O–H groups in total. The van der Waals surface area contributed by atoms with Gasteiger partial charge in [0.25, 0.3) is 0 Å². The quantitative estimate of drug-likeness (QED) is 0.423. The fraction of sp³-hybridized carbons (Fsp3) is 0.786. The number of carbonyl (C=O) groups is 2. The van der Waals surface area contributed by atoms with Crippen LogP contribution >= 0.6 is 0 Å². The molecule has 34 heavy (non-hydrogen) atoms. The minimum absolute atomic E-state index is 0.0517. The summed E-state index contributed by atoms with van der Waals surface area (Å²) in [7, 11) is 0. The van der Waals surface area contributed by atoms with E-state index in [1.165, 1.54) is 0 Å². The molecule has 0 aromatic heterocycles. The maximum atomic E-state index is 13.5. The van der Waals surface area contributed by atoms with Gasteiger partial charge in [0.2, 0.25) is 0 Å². The molecule has 3 saturated carbocycles. The van der Waals surface area contributed by atoms with Crippen molar-refractivity contribution in [1.29, 1.82) is 0 Å². The largest absolute Gasteiger partial charge is 0.481 e. The number of allylic oxidation sites excluding steroid dienone is 1. The number of fused-ring (bicyclic) bond motifs is 2. The van der Waals surface area contributed by atoms with Gasteiger partial charge in [0.15, 0.2) is 6.29 Å². The van der Waals surface area contributed by atoms with Crippen LogP contribution in [-0.4, -0.2) is 60.9 Å². The Morgan fingerprint density at radius 1 is 1.35 bits per heavy atom. The van der Waals surface area contributed by atoms with Crippen molar-refractivity contribution in [1.82, 2.24) is 4.90 Å². The minimum atomic E-state index is -1.19. The topological polar surface area (TPSA) is 76.1 Å². The number of aliphatic carboxylic acids is 1. The fourth-order valence-electron chi connectivity index (χ4n) is 9.17. The number of aldehydes is 1. The second kappa shape index (κ2) is 8.28. The van der Waals surface area contributed by atoms with Gasteiger partial charge >= 0.3 is 5.97 Å². The van der Waals surface area contributed by atoms with E-state index in [0.717, 1.165) is 37.7 Å². The van der Waals surface area contributed by atoms with Crippen LogP contribution in [0, 0.1) is 45.8 Å². The summed E-state index contributed by atoms with van der Waals surface area (Å²) in [6.07, 6.45) is 8.28. The first-order chi connectivity index (χ1) is 16.2. The van der Waals surface area contributed by atoms with Gasteiger partial charge in [-0.1, -0.05) is 44.9 Å². The Bertz CT molecular complexity index is 899. The van der Waals surface area contributed by atoms with Crippen LogP contribution in [0.25, 0.3) is 0 Å². The number of carboxylic acids is 1. The number of carboxylic acid groups (broad SMARTS) is 1. The van der Waals surface area contributed by atoms with Crippen molar-refractivity contribution in [2.75, 3.05) is 26.3 Å². The highest BCUT2D eigenvalue weighted by atomic mass is 16.7. The fourth-order valence-corrected chi connectivity index (χ4v) is 9.17. The Balaban J connectivity index is 1.54. The Morgan fingerprint density at radius 3 is 2.76 bits per heavy atom. The molecular formula is C28H41NO5. The third-order valence-electron chi connectivity index (χ3n) is 10.5. The van der Waals surface area contributed by atoms with Crippen molar-refractivity contribution in [3.63, 3.8) is 0 Å². The average molecular weight is 472 g/mol. The molecule has 4 bridgehead atoms. The molecule has 188 valence electrons. The molecule has 4 fully saturated rings. The number of morpholine rings is 1. The molecule has 1 heterocycles. The molecule has 5 aliphatic rings. The molecule has 0 radical (unpaired) electrons. The molecule has 0 amide bonds. The van der Waals surface area contributed by atoms with E-state index >= 15 is 0 Å². The lowest BCUT2D eigenvalue weighted by molar-refractivity contribution is -0.227. The van der Waals surface area contributed by atoms with Gasteiger partial charge < -0.3 is 19.4 Å². The van der Waals surface area contributed by atoms with Crippen molar-refractivity contribution < 1.29 is 24.2 Å². The van der Waals surface area contributed by atoms with Crippen LogP contribution in [0.15, 0.2) is 24.3 Å². The maximum Gasteiger partial charge on any atom is 0.315 e. The molecule has 6 nitrogen and oxygen atoms in total. The van der Waals surface area contributed by atoms with Crippen molar-refractivity contribution in [2.45, 2.75) is 65.7 Å². The number of nitrogens with zero attached hydrogens (tertiary/aromatic N) is 1. The second-order valence-electron chi connectivity index (χ2n) is 12.2. The third kappa shape index (κ3) is 2.85. The molecule has 1 aliphatic heterocycles. The second-order valence-corrected chi connectivity index (χ2v) is 12.2. The Hall–Kier alpha value is -1.50. The number of rotatable bonds is 8. The SMILES string of the molecule is C=CCN1C[C@H](OC[C@@]23C[C@@H]4[C@H](C)CC[C@H]4[C@@]4(C=O)C[C@@H]2C=C(C(C)C)[C@@]34C(=O)O)OC[C@H]1C. The van der Waals surface area contributed by atoms with Gasteiger partial charge in [-0.3, -0.25) is 9.69 Å².